The van der Waals surface area contributed by atoms with Crippen molar-refractivity contribution in [2.45, 2.75) is 98.4 Å². The smallest absolute Gasteiger partial charge is 0.812 e. The molecule has 15 N–H and O–H groups in total. The molecule has 28 nitrogen and oxygen atoms in total. The van der Waals surface area contributed by atoms with Gasteiger partial charge in [-0.1, -0.05) is 172 Å². The standard InChI is InChI=1S/C14H16N2O2.C14H14O2S2.C13H9Cl2N3.C13H11N3O2.C11H11N.C10H9NO.C7H13NO4.CHNO.Cl3OP.ClH.K.3H2O/c1-3-18-14(17)13-11(15)8-12(16-13)10-6-4-5-9(2)7-10;1-11-3-7-13(8-4-11)17-16-18(15)14-9-5-12(2)6-10-14;1-7-3-2-4-8(5-7)9-6-10-11(16-9)12(14)18-13(15)17-10;1-7-3-2-4-8(5-7)9-6-10-11(14-9)12(17)16-13(18)15-10;1-9-4-3-5-11(8-9)10(2)6-7-12;1-8-3-2-4-9(7-8)10(12)5-6-11;1-3-11-6(9)5(8)7(10)12-4-2;2-1-3;1-5(2,3)4;;;;;/h4-8,16H,3,15H2,1-2H3;3-10H,1-2H3;2-6,16H,1H3;2-6,14H,1H3,(H2,15,16,17,18);3-6,8H,1-2H3;2-4,7H,5H2,1H3;5H,3-4,8H2,1-2H3;3H;;1H;;3*1H2/q;;;;;;;;;;+1;;;/p-1/b;;;;10-6-;;;;;;;;;. The number of halogens is 6. The second-order valence-corrected chi connectivity index (χ2v) is 33.8. The minimum Gasteiger partial charge on any atom is -0.812 e. The maximum absolute atomic E-state index is 11.9. The molecule has 7 aromatic carbocycles. The number of Topliss-reactive ketones (excluding diaryl/α,β-unsaturated/α-hetero) is 1. The fourth-order valence-corrected chi connectivity index (χ4v) is 11.6. The van der Waals surface area contributed by atoms with Crippen LogP contribution < -0.4 is 79.2 Å². The van der Waals surface area contributed by atoms with Gasteiger partial charge in [-0.3, -0.25) is 19.1 Å². The minimum absolute atomic E-state index is 0. The van der Waals surface area contributed by atoms with Crippen LogP contribution in [0.4, 0.5) is 5.69 Å². The number of carbonyl (C=O) groups is 4. The van der Waals surface area contributed by atoms with E-state index < -0.39 is 51.5 Å². The second-order valence-electron chi connectivity index (χ2n) is 24.4. The largest absolute Gasteiger partial charge is 1.00 e. The number of ketones is 1. The van der Waals surface area contributed by atoms with Crippen LogP contribution in [0.15, 0.2) is 214 Å². The van der Waals surface area contributed by atoms with Gasteiger partial charge < -0.3 is 67.1 Å². The van der Waals surface area contributed by atoms with E-state index in [2.05, 4.69) is 103 Å². The van der Waals surface area contributed by atoms with Crippen LogP contribution in [0.2, 0.25) is 10.4 Å². The van der Waals surface area contributed by atoms with E-state index in [0.717, 1.165) is 89.6 Å². The number of nitrogens with two attached hydrogens (primary N) is 2. The Balaban J connectivity index is 0. The third-order valence-electron chi connectivity index (χ3n) is 15.1. The number of esters is 3. The topological polar surface area (TPSA) is 519 Å². The summed E-state index contributed by atoms with van der Waals surface area (Å²) in [5.41, 5.74) is 29.6. The molecule has 38 heteroatoms. The molecule has 0 aliphatic rings. The molecule has 0 fully saturated rings. The molecule has 638 valence electrons. The molecule has 12 aromatic rings. The first-order chi connectivity index (χ1) is 55.0. The average Bonchev–Trinajstić information content (AvgIpc) is 1.66. The number of hydrogen-bond donors (Lipinski definition) is 7. The molecule has 0 spiro atoms. The summed E-state index contributed by atoms with van der Waals surface area (Å²) in [6.45, 7) is 21.8. The molecule has 0 saturated carbocycles. The van der Waals surface area contributed by atoms with Crippen molar-refractivity contribution in [2.24, 2.45) is 5.73 Å². The summed E-state index contributed by atoms with van der Waals surface area (Å²) < 4.78 is 40.6. The molecule has 1 atom stereocenters. The predicted octanol–water partition coefficient (Wildman–Crippen LogP) is 13.6. The van der Waals surface area contributed by atoms with Crippen molar-refractivity contribution >= 4 is 155 Å². The Kier molecular flexibility index (Phi) is 55.6. The molecule has 0 bridgehead atoms. The Hall–Kier alpha value is -9.54. The number of ether oxygens (including phenoxy) is 3. The number of allylic oxidation sites excluding steroid dienone is 2. The van der Waals surface area contributed by atoms with E-state index in [1.807, 2.05) is 206 Å². The van der Waals surface area contributed by atoms with Gasteiger partial charge in [-0.2, -0.15) is 10.5 Å². The summed E-state index contributed by atoms with van der Waals surface area (Å²) in [5.74, 6) is -2.04. The number of H-pyrrole nitrogens is 5. The first-order valence-electron chi connectivity index (χ1n) is 34.8. The summed E-state index contributed by atoms with van der Waals surface area (Å²) in [4.78, 5) is 90.9. The van der Waals surface area contributed by atoms with Crippen LogP contribution in [0.25, 0.3) is 61.4 Å². The number of rotatable bonds is 16. The van der Waals surface area contributed by atoms with E-state index in [9.17, 15) is 37.5 Å². The van der Waals surface area contributed by atoms with Crippen molar-refractivity contribution < 1.29 is 119 Å². The first kappa shape index (κ1) is 114. The number of benzene rings is 7. The number of nitriles is 3. The summed E-state index contributed by atoms with van der Waals surface area (Å²) in [7, 11) is 0. The van der Waals surface area contributed by atoms with Crippen LogP contribution in [0.1, 0.15) is 99.5 Å². The summed E-state index contributed by atoms with van der Waals surface area (Å²) in [6.07, 6.45) is 2.03. The Labute approximate surface area is 779 Å². The maximum Gasteiger partial charge on any atom is 1.00 e. The fourth-order valence-electron chi connectivity index (χ4n) is 9.72. The van der Waals surface area contributed by atoms with E-state index in [1.165, 1.54) is 16.7 Å². The van der Waals surface area contributed by atoms with Crippen LogP contribution in [-0.4, -0.2) is 105 Å². The first-order valence-corrected chi connectivity index (χ1v) is 41.8. The zero-order chi connectivity index (χ0) is 86.2. The predicted molar refractivity (Wildman–Crippen MR) is 477 cm³/mol. The molecule has 12 rings (SSSR count). The Bertz CT molecular complexity index is 5650. The number of nitrogen functional groups attached to an aromatic ring is 1. The number of aromatic nitrogens is 7. The van der Waals surface area contributed by atoms with Crippen molar-refractivity contribution in [1.29, 1.82) is 15.8 Å². The number of aryl methyl sites for hydroxylation is 7. The van der Waals surface area contributed by atoms with E-state index in [0.29, 0.717) is 56.4 Å². The van der Waals surface area contributed by atoms with Crippen LogP contribution >= 0.6 is 86.6 Å². The number of hydrogen-bond acceptors (Lipinski definition) is 21. The third kappa shape index (κ3) is 41.7. The van der Waals surface area contributed by atoms with Gasteiger partial charge in [0.25, 0.3) is 5.56 Å². The van der Waals surface area contributed by atoms with Gasteiger partial charge in [0.15, 0.2) is 10.9 Å². The molecule has 1 unspecified atom stereocenters. The Morgan fingerprint density at radius 3 is 1.45 bits per heavy atom. The number of aromatic amines is 5. The number of nitrogens with zero attached hydrogens (tertiary/aromatic N) is 5. The van der Waals surface area contributed by atoms with Crippen LogP contribution in [0, 0.1) is 82.6 Å². The van der Waals surface area contributed by atoms with Crippen molar-refractivity contribution in [1.82, 2.24) is 34.9 Å². The van der Waals surface area contributed by atoms with Gasteiger partial charge in [-0.05, 0) is 216 Å². The Morgan fingerprint density at radius 1 is 0.587 bits per heavy atom. The van der Waals surface area contributed by atoms with E-state index in [1.54, 1.807) is 51.1 Å². The SMILES string of the molecule is C/C(=C/C#N)c1cccc(C)c1.CCOC(=O)C(N)C(=O)OCC.CCOC(=O)c1[nH]c(-c2cccc(C)c2)cc1N.Cc1ccc(SOS(=O)c2ccc(C)cc2)cc1.Cc1cccc(-c2cc3[nH]c(=O)[nH]c(=O)c3[nH]2)c1.Cc1cccc(-c2cc3nc(Cl)nc(Cl)c3[nH]2)c1.Cc1cccc(C(=O)CC#N)c1.Cl.N#C[O-].O.O.O.O=P(Cl)(Cl)Cl.[K+]. The summed E-state index contributed by atoms with van der Waals surface area (Å²) >= 11 is 25.4. The Morgan fingerprint density at radius 2 is 1.01 bits per heavy atom. The normalized spacial score (nSPS) is 10.1. The maximum atomic E-state index is 11.9. The van der Waals surface area contributed by atoms with Crippen LogP contribution in [-0.2, 0) is 43.1 Å². The molecule has 0 aliphatic carbocycles. The summed E-state index contributed by atoms with van der Waals surface area (Å²) in [5, 5.41) is 29.0. The van der Waals surface area contributed by atoms with Gasteiger partial charge in [0, 0.05) is 51.9 Å². The van der Waals surface area contributed by atoms with E-state index in [-0.39, 0.29) is 111 Å². The molecule has 5 aromatic heterocycles. The van der Waals surface area contributed by atoms with Crippen molar-refractivity contribution in [3.8, 4) is 52.2 Å². The van der Waals surface area contributed by atoms with Gasteiger partial charge in [0.05, 0.1) is 60.0 Å². The molecule has 0 aliphatic heterocycles. The van der Waals surface area contributed by atoms with Crippen molar-refractivity contribution in [3.63, 3.8) is 0 Å². The fraction of sp³-hybridized carbons (Fsp3) is 0.193. The molecular formula is C83H90Cl6KN12O16PS2. The zero-order valence-electron chi connectivity index (χ0n) is 67.6. The second kappa shape index (κ2) is 59.2. The molecular weight excluding hydrogens is 1770 g/mol. The zero-order valence-corrected chi connectivity index (χ0v) is 77.9. The molecule has 5 heterocycles. The van der Waals surface area contributed by atoms with Crippen LogP contribution in [0.3, 0.4) is 0 Å². The molecule has 121 heavy (non-hydrogen) atoms. The average molecular weight is 1860 g/mol. The van der Waals surface area contributed by atoms with Gasteiger partial charge in [0.1, 0.15) is 16.7 Å². The number of fused-ring (bicyclic) bond motifs is 2. The van der Waals surface area contributed by atoms with Gasteiger partial charge in [-0.15, -0.1) is 12.4 Å². The van der Waals surface area contributed by atoms with E-state index >= 15 is 0 Å². The third-order valence-corrected chi connectivity index (χ3v) is 17.4. The quantitative estimate of drug-likeness (QED) is 0.00404. The number of carbonyl (C=O) groups excluding carboxylic acids is 4. The van der Waals surface area contributed by atoms with Gasteiger partial charge in [-0.25, -0.2) is 42.2 Å². The molecule has 0 saturated heterocycles. The number of nitrogens with one attached hydrogen (secondary N) is 5. The summed E-state index contributed by atoms with van der Waals surface area (Å²) in [6, 6.07) is 62.8. The van der Waals surface area contributed by atoms with Gasteiger partial charge >= 0.3 is 80.2 Å². The number of anilines is 1. The van der Waals surface area contributed by atoms with Gasteiger partial charge in [0.2, 0.25) is 22.4 Å². The molecule has 0 amide bonds. The van der Waals surface area contributed by atoms with E-state index in [4.69, 9.17) is 63.9 Å². The van der Waals surface area contributed by atoms with Crippen LogP contribution in [0.5, 0.6) is 0 Å². The van der Waals surface area contributed by atoms with Crippen molar-refractivity contribution in [2.75, 3.05) is 25.6 Å². The minimum atomic E-state index is -3.22. The molecule has 0 radical (unpaired) electrons. The van der Waals surface area contributed by atoms with Crippen molar-refractivity contribution in [3.05, 3.63) is 281 Å². The monoisotopic (exact) mass is 1850 g/mol.